The molecule has 7 heteroatoms. The van der Waals surface area contributed by atoms with E-state index in [9.17, 15) is 4.79 Å². The van der Waals surface area contributed by atoms with Crippen LogP contribution < -0.4 is 16.9 Å². The maximum absolute atomic E-state index is 10.9. The van der Waals surface area contributed by atoms with Crippen LogP contribution in [-0.2, 0) is 11.2 Å². The molecule has 0 heterocycles. The van der Waals surface area contributed by atoms with Crippen molar-refractivity contribution in [3.8, 4) is 0 Å². The van der Waals surface area contributed by atoms with Crippen molar-refractivity contribution in [1.82, 2.24) is 5.43 Å². The number of nitrogens with one attached hydrogen (secondary N) is 1. The van der Waals surface area contributed by atoms with Gasteiger partial charge in [-0.1, -0.05) is 30.3 Å². The summed E-state index contributed by atoms with van der Waals surface area (Å²) in [4.78, 5) is 10.9. The van der Waals surface area contributed by atoms with Crippen LogP contribution in [0.1, 0.15) is 5.56 Å². The van der Waals surface area contributed by atoms with E-state index in [-0.39, 0.29) is 11.4 Å². The van der Waals surface area contributed by atoms with Crippen molar-refractivity contribution in [2.24, 2.45) is 16.6 Å². The third kappa shape index (κ3) is 5.38. The van der Waals surface area contributed by atoms with E-state index >= 15 is 0 Å². The molecule has 0 radical (unpaired) electrons. The van der Waals surface area contributed by atoms with Gasteiger partial charge in [0.05, 0.1) is 0 Å². The highest BCUT2D eigenvalue weighted by atomic mass is 16.4. The van der Waals surface area contributed by atoms with Crippen LogP contribution in [0.15, 0.2) is 35.4 Å². The molecule has 0 aromatic heterocycles. The molecular weight excluding hydrogens is 224 g/mol. The lowest BCUT2D eigenvalue weighted by atomic mass is 10.1. The van der Waals surface area contributed by atoms with Crippen molar-refractivity contribution in [3.63, 3.8) is 0 Å². The van der Waals surface area contributed by atoms with Crippen LogP contribution >= 0.6 is 0 Å². The second-order valence-corrected chi connectivity index (χ2v) is 3.25. The number of guanidine groups is 1. The molecule has 0 saturated carbocycles. The SMILES string of the molecule is NC(N)=NNC(Cc1ccccc1)C(=O)O.O. The van der Waals surface area contributed by atoms with Crippen molar-refractivity contribution in [3.05, 3.63) is 35.9 Å². The molecule has 8 N–H and O–H groups in total. The normalized spacial score (nSPS) is 10.8. The van der Waals surface area contributed by atoms with Gasteiger partial charge >= 0.3 is 5.97 Å². The van der Waals surface area contributed by atoms with Crippen LogP contribution in [0.25, 0.3) is 0 Å². The van der Waals surface area contributed by atoms with Gasteiger partial charge in [-0.3, -0.25) is 5.43 Å². The first kappa shape index (κ1) is 14.7. The number of nitrogens with zero attached hydrogens (tertiary/aromatic N) is 1. The number of hydrazone groups is 1. The summed E-state index contributed by atoms with van der Waals surface area (Å²) >= 11 is 0. The predicted molar refractivity (Wildman–Crippen MR) is 64.1 cm³/mol. The van der Waals surface area contributed by atoms with Gasteiger partial charge < -0.3 is 22.1 Å². The summed E-state index contributed by atoms with van der Waals surface area (Å²) in [5.74, 6) is -1.20. The molecule has 1 aromatic rings. The van der Waals surface area contributed by atoms with Crippen LogP contribution in [0, 0.1) is 0 Å². The topological polar surface area (TPSA) is 145 Å². The molecule has 0 aliphatic carbocycles. The number of aliphatic carboxylic acids is 1. The van der Waals surface area contributed by atoms with Gasteiger partial charge in [-0.05, 0) is 5.56 Å². The number of hydrogen-bond acceptors (Lipinski definition) is 3. The first-order valence-electron chi connectivity index (χ1n) is 4.70. The lowest BCUT2D eigenvalue weighted by molar-refractivity contribution is -0.139. The van der Waals surface area contributed by atoms with E-state index < -0.39 is 12.0 Å². The average Bonchev–Trinajstić information content (AvgIpc) is 2.25. The van der Waals surface area contributed by atoms with Crippen LogP contribution in [0.2, 0.25) is 0 Å². The molecule has 0 fully saturated rings. The Morgan fingerprint density at radius 2 is 1.94 bits per heavy atom. The van der Waals surface area contributed by atoms with Gasteiger partial charge in [0, 0.05) is 6.42 Å². The Morgan fingerprint density at radius 1 is 1.35 bits per heavy atom. The Bertz CT molecular complexity index is 376. The Morgan fingerprint density at radius 3 is 2.41 bits per heavy atom. The number of benzene rings is 1. The molecular formula is C10H16N4O3. The monoisotopic (exact) mass is 240 g/mol. The summed E-state index contributed by atoms with van der Waals surface area (Å²) in [7, 11) is 0. The van der Waals surface area contributed by atoms with Crippen molar-refractivity contribution in [2.75, 3.05) is 0 Å². The van der Waals surface area contributed by atoms with Gasteiger partial charge in [0.1, 0.15) is 6.04 Å². The minimum absolute atomic E-state index is 0. The third-order valence-electron chi connectivity index (χ3n) is 1.93. The van der Waals surface area contributed by atoms with Gasteiger partial charge in [0.25, 0.3) is 0 Å². The van der Waals surface area contributed by atoms with Gasteiger partial charge in [-0.25, -0.2) is 4.79 Å². The molecule has 0 bridgehead atoms. The molecule has 0 saturated heterocycles. The number of carboxylic acid groups (broad SMARTS) is 1. The predicted octanol–water partition coefficient (Wildman–Crippen LogP) is -1.36. The molecule has 94 valence electrons. The maximum atomic E-state index is 10.9. The molecule has 0 aliphatic heterocycles. The van der Waals surface area contributed by atoms with E-state index in [0.717, 1.165) is 5.56 Å². The number of nitrogens with two attached hydrogens (primary N) is 2. The van der Waals surface area contributed by atoms with Crippen LogP contribution in [0.4, 0.5) is 0 Å². The largest absolute Gasteiger partial charge is 0.480 e. The highest BCUT2D eigenvalue weighted by Crippen LogP contribution is 2.03. The zero-order valence-electron chi connectivity index (χ0n) is 9.13. The van der Waals surface area contributed by atoms with Crippen molar-refractivity contribution < 1.29 is 15.4 Å². The van der Waals surface area contributed by atoms with Crippen molar-refractivity contribution >= 4 is 11.9 Å². The van der Waals surface area contributed by atoms with E-state index in [4.69, 9.17) is 16.6 Å². The molecule has 1 aromatic carbocycles. The minimum Gasteiger partial charge on any atom is -0.480 e. The van der Waals surface area contributed by atoms with E-state index in [1.165, 1.54) is 0 Å². The quantitative estimate of drug-likeness (QED) is 0.285. The molecule has 17 heavy (non-hydrogen) atoms. The summed E-state index contributed by atoms with van der Waals surface area (Å²) in [6.07, 6.45) is 0.312. The fourth-order valence-corrected chi connectivity index (χ4v) is 1.19. The summed E-state index contributed by atoms with van der Waals surface area (Å²) in [5.41, 5.74) is 13.5. The summed E-state index contributed by atoms with van der Waals surface area (Å²) < 4.78 is 0. The molecule has 0 spiro atoms. The van der Waals surface area contributed by atoms with Crippen LogP contribution in [0.5, 0.6) is 0 Å². The lowest BCUT2D eigenvalue weighted by Crippen LogP contribution is -2.38. The zero-order chi connectivity index (χ0) is 12.0. The molecule has 0 amide bonds. The van der Waals surface area contributed by atoms with E-state index in [2.05, 4.69) is 10.5 Å². The number of rotatable bonds is 5. The number of carbonyl (C=O) groups is 1. The van der Waals surface area contributed by atoms with Gasteiger partial charge in [0.2, 0.25) is 5.96 Å². The van der Waals surface area contributed by atoms with E-state index in [1.807, 2.05) is 30.3 Å². The number of hydrogen-bond donors (Lipinski definition) is 4. The van der Waals surface area contributed by atoms with Gasteiger partial charge in [-0.2, -0.15) is 0 Å². The summed E-state index contributed by atoms with van der Waals surface area (Å²) in [5, 5.41) is 12.4. The number of carboxylic acids is 1. The fourth-order valence-electron chi connectivity index (χ4n) is 1.19. The molecule has 1 unspecified atom stereocenters. The van der Waals surface area contributed by atoms with Crippen molar-refractivity contribution in [1.29, 1.82) is 0 Å². The first-order valence-corrected chi connectivity index (χ1v) is 4.70. The molecule has 1 atom stereocenters. The Labute approximate surface area is 98.4 Å². The van der Waals surface area contributed by atoms with Gasteiger partial charge in [0.15, 0.2) is 0 Å². The second kappa shape index (κ2) is 7.07. The molecule has 0 aliphatic rings. The van der Waals surface area contributed by atoms with Gasteiger partial charge in [-0.15, -0.1) is 5.10 Å². The average molecular weight is 240 g/mol. The fraction of sp³-hybridized carbons (Fsp3) is 0.200. The smallest absolute Gasteiger partial charge is 0.328 e. The van der Waals surface area contributed by atoms with E-state index in [1.54, 1.807) is 0 Å². The van der Waals surface area contributed by atoms with E-state index in [0.29, 0.717) is 6.42 Å². The third-order valence-corrected chi connectivity index (χ3v) is 1.93. The summed E-state index contributed by atoms with van der Waals surface area (Å²) in [6, 6.07) is 8.39. The molecule has 1 rings (SSSR count). The molecule has 7 nitrogen and oxygen atoms in total. The Kier molecular flexibility index (Phi) is 6.12. The zero-order valence-corrected chi connectivity index (χ0v) is 9.13. The maximum Gasteiger partial charge on any atom is 0.328 e. The highest BCUT2D eigenvalue weighted by Gasteiger charge is 2.16. The second-order valence-electron chi connectivity index (χ2n) is 3.25. The summed E-state index contributed by atoms with van der Waals surface area (Å²) in [6.45, 7) is 0. The minimum atomic E-state index is -1.01. The first-order chi connectivity index (χ1) is 7.59. The standard InChI is InChI=1S/C10H14N4O2.H2O/c11-10(12)14-13-8(9(15)16)6-7-4-2-1-3-5-7;/h1-5,8,13H,6H2,(H,15,16)(H4,11,12,14);1H2. The van der Waals surface area contributed by atoms with Crippen LogP contribution in [0.3, 0.4) is 0 Å². The Hall–Kier alpha value is -2.28. The van der Waals surface area contributed by atoms with Crippen LogP contribution in [-0.4, -0.2) is 28.6 Å². The lowest BCUT2D eigenvalue weighted by Gasteiger charge is -2.11. The Balaban J connectivity index is 0.00000256. The van der Waals surface area contributed by atoms with Crippen molar-refractivity contribution in [2.45, 2.75) is 12.5 Å². The highest BCUT2D eigenvalue weighted by molar-refractivity contribution is 5.77.